The van der Waals surface area contributed by atoms with Crippen molar-refractivity contribution in [1.29, 1.82) is 0 Å². The topological polar surface area (TPSA) is 25.8 Å². The Kier molecular flexibility index (Phi) is 5.40. The molecule has 1 heterocycles. The molecule has 0 amide bonds. The van der Waals surface area contributed by atoms with Gasteiger partial charge >= 0.3 is 0 Å². The summed E-state index contributed by atoms with van der Waals surface area (Å²) in [5, 5.41) is 0.563. The molecule has 1 aromatic heterocycles. The van der Waals surface area contributed by atoms with Crippen molar-refractivity contribution in [2.24, 2.45) is 0 Å². The van der Waals surface area contributed by atoms with Gasteiger partial charge < -0.3 is 0 Å². The van der Waals surface area contributed by atoms with E-state index in [0.29, 0.717) is 0 Å². The molecule has 2 rings (SSSR count). The normalized spacial score (nSPS) is 9.00. The third-order valence-electron chi connectivity index (χ3n) is 1.30. The van der Waals surface area contributed by atoms with Crippen LogP contribution in [0.1, 0.15) is 0 Å². The van der Waals surface area contributed by atoms with Crippen molar-refractivity contribution in [3.63, 3.8) is 0 Å². The number of hydrogen-bond acceptors (Lipinski definition) is 2. The van der Waals surface area contributed by atoms with E-state index < -0.39 is 0 Å². The molecule has 0 saturated heterocycles. The van der Waals surface area contributed by atoms with Gasteiger partial charge in [-0.1, -0.05) is 59.6 Å². The highest BCUT2D eigenvalue weighted by Crippen LogP contribution is 2.13. The summed E-state index contributed by atoms with van der Waals surface area (Å²) in [6, 6.07) is 13.4. The van der Waals surface area contributed by atoms with Gasteiger partial charge in [-0.3, -0.25) is 0 Å². The predicted molar refractivity (Wildman–Crippen MR) is 63.5 cm³/mol. The first-order chi connectivity index (χ1) is 7.18. The molecule has 0 aliphatic carbocycles. The summed E-state index contributed by atoms with van der Waals surface area (Å²) in [5.41, 5.74) is 0. The number of nitrogens with zero attached hydrogens (tertiary/aromatic N) is 2. The van der Waals surface area contributed by atoms with Crippen LogP contribution < -0.4 is 0 Å². The van der Waals surface area contributed by atoms with Crippen LogP contribution in [-0.2, 0) is 0 Å². The highest BCUT2D eigenvalue weighted by molar-refractivity contribution is 6.35. The van der Waals surface area contributed by atoms with Crippen LogP contribution >= 0.6 is 34.8 Å². The van der Waals surface area contributed by atoms with Gasteiger partial charge in [0.05, 0.1) is 0 Å². The fraction of sp³-hybridized carbons (Fsp3) is 0. The first-order valence-corrected chi connectivity index (χ1v) is 5.17. The first kappa shape index (κ1) is 12.2. The van der Waals surface area contributed by atoms with Crippen molar-refractivity contribution in [2.75, 3.05) is 0 Å². The van der Waals surface area contributed by atoms with Gasteiger partial charge in [-0.05, 0) is 11.6 Å². The summed E-state index contributed by atoms with van der Waals surface area (Å²) in [4.78, 5) is 7.14. The molecule has 1 aromatic carbocycles. The molecule has 0 aliphatic rings. The zero-order chi connectivity index (χ0) is 11.1. The van der Waals surface area contributed by atoms with Crippen molar-refractivity contribution in [3.8, 4) is 0 Å². The molecular formula is C10H7Cl3N2. The molecule has 0 bridgehead atoms. The number of halogens is 3. The molecular weight excluding hydrogens is 254 g/mol. The van der Waals surface area contributed by atoms with Gasteiger partial charge in [-0.2, -0.15) is 0 Å². The highest BCUT2D eigenvalue weighted by Gasteiger charge is 1.95. The predicted octanol–water partition coefficient (Wildman–Crippen LogP) is 4.12. The first-order valence-electron chi connectivity index (χ1n) is 4.04. The molecule has 15 heavy (non-hydrogen) atoms. The van der Waals surface area contributed by atoms with Gasteiger partial charge in [0.15, 0.2) is 0 Å². The van der Waals surface area contributed by atoms with Crippen LogP contribution in [0.2, 0.25) is 15.6 Å². The molecule has 5 heteroatoms. The standard InChI is InChI=1S/C6H6.C4HCl3N2/c1-2-4-6-5-3-1;5-2-1-3(6)9-4(7)8-2/h1-6H;1H. The van der Waals surface area contributed by atoms with E-state index in [-0.39, 0.29) is 15.6 Å². The zero-order valence-electron chi connectivity index (χ0n) is 7.57. The lowest BCUT2D eigenvalue weighted by Gasteiger charge is -1.89. The van der Waals surface area contributed by atoms with Gasteiger partial charge in [0.2, 0.25) is 5.28 Å². The van der Waals surface area contributed by atoms with Crippen molar-refractivity contribution >= 4 is 34.8 Å². The van der Waals surface area contributed by atoms with E-state index in [9.17, 15) is 0 Å². The Morgan fingerprint density at radius 3 is 1.27 bits per heavy atom. The maximum atomic E-state index is 5.43. The van der Waals surface area contributed by atoms with Crippen molar-refractivity contribution < 1.29 is 0 Å². The van der Waals surface area contributed by atoms with Crippen LogP contribution in [0.4, 0.5) is 0 Å². The fourth-order valence-electron chi connectivity index (χ4n) is 0.749. The van der Waals surface area contributed by atoms with Crippen LogP contribution in [0.5, 0.6) is 0 Å². The third-order valence-corrected chi connectivity index (χ3v) is 1.86. The van der Waals surface area contributed by atoms with Gasteiger partial charge in [0.1, 0.15) is 10.3 Å². The molecule has 0 N–H and O–H groups in total. The molecule has 2 aromatic rings. The number of benzene rings is 1. The van der Waals surface area contributed by atoms with Gasteiger partial charge in [0, 0.05) is 6.07 Å². The Morgan fingerprint density at radius 1 is 0.667 bits per heavy atom. The van der Waals surface area contributed by atoms with Crippen molar-refractivity contribution in [2.45, 2.75) is 0 Å². The van der Waals surface area contributed by atoms with Crippen molar-refractivity contribution in [1.82, 2.24) is 9.97 Å². The number of aromatic nitrogens is 2. The molecule has 0 unspecified atom stereocenters. The lowest BCUT2D eigenvalue weighted by molar-refractivity contribution is 1.17. The average Bonchev–Trinajstić information content (AvgIpc) is 2.19. The quantitative estimate of drug-likeness (QED) is 0.526. The maximum absolute atomic E-state index is 5.43. The summed E-state index contributed by atoms with van der Waals surface area (Å²) in [5.74, 6) is 0. The summed E-state index contributed by atoms with van der Waals surface area (Å²) in [6.45, 7) is 0. The molecule has 0 saturated carbocycles. The van der Waals surface area contributed by atoms with E-state index >= 15 is 0 Å². The minimum absolute atomic E-state index is 0.0625. The smallest absolute Gasteiger partial charge is 0.206 e. The second-order valence-corrected chi connectivity index (χ2v) is 3.55. The minimum Gasteiger partial charge on any atom is -0.206 e. The Morgan fingerprint density at radius 2 is 1.00 bits per heavy atom. The number of hydrogen-bond donors (Lipinski definition) is 0. The van der Waals surface area contributed by atoms with E-state index in [1.54, 1.807) is 0 Å². The lowest BCUT2D eigenvalue weighted by Crippen LogP contribution is -1.81. The summed E-state index contributed by atoms with van der Waals surface area (Å²) >= 11 is 16.2. The van der Waals surface area contributed by atoms with Crippen LogP contribution in [0.15, 0.2) is 42.5 Å². The van der Waals surface area contributed by atoms with Gasteiger partial charge in [0.25, 0.3) is 0 Å². The number of rotatable bonds is 0. The monoisotopic (exact) mass is 260 g/mol. The van der Waals surface area contributed by atoms with Crippen LogP contribution in [0.3, 0.4) is 0 Å². The van der Waals surface area contributed by atoms with E-state index in [0.717, 1.165) is 0 Å². The Bertz CT molecular complexity index is 329. The van der Waals surface area contributed by atoms with Gasteiger partial charge in [-0.25, -0.2) is 9.97 Å². The molecule has 0 atom stereocenters. The minimum atomic E-state index is 0.0625. The Hall–Kier alpha value is -0.830. The summed E-state index contributed by atoms with van der Waals surface area (Å²) < 4.78 is 0. The van der Waals surface area contributed by atoms with Crippen molar-refractivity contribution in [3.05, 3.63) is 58.1 Å². The SMILES string of the molecule is Clc1cc(Cl)nc(Cl)n1.c1ccccc1. The summed E-state index contributed by atoms with van der Waals surface area (Å²) in [6.07, 6.45) is 0. The van der Waals surface area contributed by atoms with Crippen LogP contribution in [0.25, 0.3) is 0 Å². The molecule has 0 aliphatic heterocycles. The highest BCUT2D eigenvalue weighted by atomic mass is 35.5. The van der Waals surface area contributed by atoms with E-state index in [4.69, 9.17) is 34.8 Å². The largest absolute Gasteiger partial charge is 0.225 e. The van der Waals surface area contributed by atoms with Gasteiger partial charge in [-0.15, -0.1) is 0 Å². The van der Waals surface area contributed by atoms with E-state index in [1.165, 1.54) is 6.07 Å². The fourth-order valence-corrected chi connectivity index (χ4v) is 1.44. The molecule has 0 spiro atoms. The average molecular weight is 262 g/mol. The molecule has 2 nitrogen and oxygen atoms in total. The molecule has 0 radical (unpaired) electrons. The molecule has 78 valence electrons. The zero-order valence-corrected chi connectivity index (χ0v) is 9.84. The van der Waals surface area contributed by atoms with Crippen LogP contribution in [0, 0.1) is 0 Å². The second-order valence-electron chi connectivity index (χ2n) is 2.44. The van der Waals surface area contributed by atoms with E-state index in [1.807, 2.05) is 36.4 Å². The third kappa shape index (κ3) is 5.57. The van der Waals surface area contributed by atoms with E-state index in [2.05, 4.69) is 9.97 Å². The Labute approximate surface area is 103 Å². The lowest BCUT2D eigenvalue weighted by atomic mass is 10.4. The van der Waals surface area contributed by atoms with Crippen LogP contribution in [-0.4, -0.2) is 9.97 Å². The molecule has 0 fully saturated rings. The Balaban J connectivity index is 0.000000162. The second kappa shape index (κ2) is 6.62. The summed E-state index contributed by atoms with van der Waals surface area (Å²) in [7, 11) is 0. The maximum Gasteiger partial charge on any atom is 0.225 e.